The maximum atomic E-state index is 12.9. The van der Waals surface area contributed by atoms with Crippen molar-refractivity contribution < 1.29 is 22.1 Å². The van der Waals surface area contributed by atoms with E-state index in [-0.39, 0.29) is 11.3 Å². The molecule has 0 aliphatic heterocycles. The van der Waals surface area contributed by atoms with Gasteiger partial charge in [-0.05, 0) is 25.5 Å². The van der Waals surface area contributed by atoms with E-state index in [2.05, 4.69) is 4.74 Å². The molecule has 20 heavy (non-hydrogen) atoms. The molecule has 0 N–H and O–H groups in total. The number of halogens is 3. The van der Waals surface area contributed by atoms with Gasteiger partial charge in [0.2, 0.25) is 5.76 Å². The summed E-state index contributed by atoms with van der Waals surface area (Å²) in [5.41, 5.74) is 0.953. The Morgan fingerprint density at radius 1 is 1.25 bits per heavy atom. The summed E-state index contributed by atoms with van der Waals surface area (Å²) in [7, 11) is -0.922. The highest BCUT2D eigenvalue weighted by molar-refractivity contribution is 7.89. The third-order valence-electron chi connectivity index (χ3n) is 2.65. The standard InChI is InChI=1S/C14H17F3O2S/c1-4-5-12(13(19-3)14(15,16)17)20(18)11-8-6-10(2)7-9-11/h6-9H,4-5H2,1-3H3/b13-12-. The molecule has 112 valence electrons. The molecular weight excluding hydrogens is 289 g/mol. The second kappa shape index (κ2) is 6.92. The number of ether oxygens (including phenoxy) is 1. The maximum Gasteiger partial charge on any atom is 0.449 e. The first-order chi connectivity index (χ1) is 9.31. The lowest BCUT2D eigenvalue weighted by molar-refractivity contribution is -0.126. The summed E-state index contributed by atoms with van der Waals surface area (Å²) in [6.45, 7) is 3.59. The summed E-state index contributed by atoms with van der Waals surface area (Å²) in [6.07, 6.45) is -4.11. The molecule has 0 heterocycles. The molecule has 0 fully saturated rings. The highest BCUT2D eigenvalue weighted by Crippen LogP contribution is 2.33. The molecule has 1 unspecified atom stereocenters. The molecule has 2 nitrogen and oxygen atoms in total. The predicted octanol–water partition coefficient (Wildman–Crippen LogP) is 4.32. The van der Waals surface area contributed by atoms with Crippen LogP contribution in [0.25, 0.3) is 0 Å². The smallest absolute Gasteiger partial charge is 0.449 e. The van der Waals surface area contributed by atoms with E-state index < -0.39 is 22.7 Å². The van der Waals surface area contributed by atoms with Gasteiger partial charge in [0.1, 0.15) is 0 Å². The Bertz CT molecular complexity index is 504. The molecule has 1 aromatic rings. The minimum absolute atomic E-state index is 0.0726. The van der Waals surface area contributed by atoms with Gasteiger partial charge < -0.3 is 4.74 Å². The molecule has 0 radical (unpaired) electrons. The zero-order valence-corrected chi connectivity index (χ0v) is 12.4. The third-order valence-corrected chi connectivity index (χ3v) is 4.19. The molecular formula is C14H17F3O2S. The summed E-state index contributed by atoms with van der Waals surface area (Å²) < 4.78 is 55.6. The van der Waals surface area contributed by atoms with Gasteiger partial charge in [-0.3, -0.25) is 0 Å². The van der Waals surface area contributed by atoms with Crippen molar-refractivity contribution in [2.45, 2.75) is 37.8 Å². The Labute approximate surface area is 119 Å². The Kier molecular flexibility index (Phi) is 5.80. The van der Waals surface area contributed by atoms with Crippen molar-refractivity contribution in [1.29, 1.82) is 0 Å². The second-order valence-corrected chi connectivity index (χ2v) is 5.79. The minimum Gasteiger partial charge on any atom is -0.492 e. The van der Waals surface area contributed by atoms with Crippen LogP contribution in [0.1, 0.15) is 25.3 Å². The molecule has 0 spiro atoms. The molecule has 0 aliphatic rings. The third kappa shape index (κ3) is 4.10. The molecule has 1 aromatic carbocycles. The van der Waals surface area contributed by atoms with Crippen LogP contribution in [0, 0.1) is 6.92 Å². The van der Waals surface area contributed by atoms with E-state index in [4.69, 9.17) is 0 Å². The van der Waals surface area contributed by atoms with E-state index in [1.54, 1.807) is 31.2 Å². The number of benzene rings is 1. The van der Waals surface area contributed by atoms with E-state index in [0.29, 0.717) is 11.3 Å². The Hall–Kier alpha value is -1.30. The Balaban J connectivity index is 3.29. The van der Waals surface area contributed by atoms with Crippen LogP contribution in [-0.4, -0.2) is 17.5 Å². The van der Waals surface area contributed by atoms with E-state index in [0.717, 1.165) is 12.7 Å². The lowest BCUT2D eigenvalue weighted by Gasteiger charge is -2.16. The lowest BCUT2D eigenvalue weighted by Crippen LogP contribution is -2.18. The second-order valence-electron chi connectivity index (χ2n) is 4.29. The van der Waals surface area contributed by atoms with E-state index in [1.165, 1.54) is 0 Å². The first-order valence-electron chi connectivity index (χ1n) is 6.14. The topological polar surface area (TPSA) is 26.3 Å². The quantitative estimate of drug-likeness (QED) is 0.757. The first kappa shape index (κ1) is 16.8. The zero-order chi connectivity index (χ0) is 15.3. The number of rotatable bonds is 5. The van der Waals surface area contributed by atoms with Gasteiger partial charge in [-0.2, -0.15) is 13.2 Å². The normalized spacial score (nSPS) is 14.7. The van der Waals surface area contributed by atoms with Gasteiger partial charge in [0.05, 0.1) is 22.8 Å². The number of hydrogen-bond donors (Lipinski definition) is 0. The van der Waals surface area contributed by atoms with Crippen molar-refractivity contribution >= 4 is 10.8 Å². The molecule has 6 heteroatoms. The minimum atomic E-state index is -4.64. The summed E-state index contributed by atoms with van der Waals surface area (Å²) in [6, 6.07) is 6.59. The SMILES string of the molecule is CCC/C(=C(/OC)C(F)(F)F)S(=O)c1ccc(C)cc1. The van der Waals surface area contributed by atoms with Crippen molar-refractivity contribution in [2.75, 3.05) is 7.11 Å². The molecule has 0 saturated carbocycles. The van der Waals surface area contributed by atoms with E-state index >= 15 is 0 Å². The van der Waals surface area contributed by atoms with Crippen molar-refractivity contribution in [3.63, 3.8) is 0 Å². The number of hydrogen-bond acceptors (Lipinski definition) is 2. The number of methoxy groups -OCH3 is 1. The first-order valence-corrected chi connectivity index (χ1v) is 7.29. The van der Waals surface area contributed by atoms with Gasteiger partial charge in [0.15, 0.2) is 0 Å². The van der Waals surface area contributed by atoms with E-state index in [1.807, 2.05) is 6.92 Å². The van der Waals surface area contributed by atoms with Crippen LogP contribution >= 0.6 is 0 Å². The summed E-state index contributed by atoms with van der Waals surface area (Å²) >= 11 is 0. The van der Waals surface area contributed by atoms with Crippen molar-refractivity contribution in [3.8, 4) is 0 Å². The number of aryl methyl sites for hydroxylation is 1. The predicted molar refractivity (Wildman–Crippen MR) is 72.6 cm³/mol. The molecule has 0 aliphatic carbocycles. The van der Waals surface area contributed by atoms with Gasteiger partial charge in [-0.1, -0.05) is 31.0 Å². The summed E-state index contributed by atoms with van der Waals surface area (Å²) in [5.74, 6) is -1.15. The monoisotopic (exact) mass is 306 g/mol. The number of alkyl halides is 3. The van der Waals surface area contributed by atoms with Crippen LogP contribution in [0.4, 0.5) is 13.2 Å². The van der Waals surface area contributed by atoms with Crippen LogP contribution in [0.3, 0.4) is 0 Å². The average molecular weight is 306 g/mol. The maximum absolute atomic E-state index is 12.9. The van der Waals surface area contributed by atoms with Gasteiger partial charge >= 0.3 is 6.18 Å². The highest BCUT2D eigenvalue weighted by Gasteiger charge is 2.39. The van der Waals surface area contributed by atoms with Gasteiger partial charge in [0, 0.05) is 4.90 Å². The van der Waals surface area contributed by atoms with Crippen molar-refractivity contribution in [2.24, 2.45) is 0 Å². The zero-order valence-electron chi connectivity index (χ0n) is 11.6. The van der Waals surface area contributed by atoms with Crippen LogP contribution in [0.5, 0.6) is 0 Å². The Morgan fingerprint density at radius 3 is 2.20 bits per heavy atom. The average Bonchev–Trinajstić information content (AvgIpc) is 2.37. The molecule has 0 aromatic heterocycles. The highest BCUT2D eigenvalue weighted by atomic mass is 32.2. The largest absolute Gasteiger partial charge is 0.492 e. The summed E-state index contributed by atoms with van der Waals surface area (Å²) in [4.78, 5) is 0.129. The van der Waals surface area contributed by atoms with Gasteiger partial charge in [0.25, 0.3) is 0 Å². The number of allylic oxidation sites excluding steroid dienone is 2. The Morgan fingerprint density at radius 2 is 1.80 bits per heavy atom. The lowest BCUT2D eigenvalue weighted by atomic mass is 10.2. The van der Waals surface area contributed by atoms with Crippen molar-refractivity contribution in [3.05, 3.63) is 40.5 Å². The molecule has 1 rings (SSSR count). The summed E-state index contributed by atoms with van der Waals surface area (Å²) in [5, 5.41) is 0. The van der Waals surface area contributed by atoms with Gasteiger partial charge in [-0.15, -0.1) is 0 Å². The molecule has 0 bridgehead atoms. The molecule has 1 atom stereocenters. The molecule has 0 saturated heterocycles. The fourth-order valence-corrected chi connectivity index (χ4v) is 3.13. The van der Waals surface area contributed by atoms with E-state index in [9.17, 15) is 17.4 Å². The van der Waals surface area contributed by atoms with Crippen LogP contribution < -0.4 is 0 Å². The van der Waals surface area contributed by atoms with Crippen LogP contribution in [-0.2, 0) is 15.5 Å². The van der Waals surface area contributed by atoms with Crippen LogP contribution in [0.15, 0.2) is 39.8 Å². The van der Waals surface area contributed by atoms with Crippen molar-refractivity contribution in [1.82, 2.24) is 0 Å². The van der Waals surface area contributed by atoms with Gasteiger partial charge in [-0.25, -0.2) is 4.21 Å². The fraction of sp³-hybridized carbons (Fsp3) is 0.429. The fourth-order valence-electron chi connectivity index (χ4n) is 1.71. The van der Waals surface area contributed by atoms with Crippen LogP contribution in [0.2, 0.25) is 0 Å². The molecule has 0 amide bonds.